The SMILES string of the molecule is CCN1CCCC(NCc2cn[nH]c2C)C1. The third-order valence-electron chi connectivity index (χ3n) is 3.47. The molecule has 4 heteroatoms. The summed E-state index contributed by atoms with van der Waals surface area (Å²) in [6.45, 7) is 8.87. The fraction of sp³-hybridized carbons (Fsp3) is 0.750. The number of piperidine rings is 1. The Balaban J connectivity index is 1.79. The summed E-state index contributed by atoms with van der Waals surface area (Å²) >= 11 is 0. The van der Waals surface area contributed by atoms with Crippen LogP contribution in [0, 0.1) is 6.92 Å². The minimum Gasteiger partial charge on any atom is -0.309 e. The second-order valence-corrected chi connectivity index (χ2v) is 4.63. The molecule has 0 bridgehead atoms. The van der Waals surface area contributed by atoms with Crippen molar-refractivity contribution in [3.05, 3.63) is 17.5 Å². The minimum atomic E-state index is 0.642. The summed E-state index contributed by atoms with van der Waals surface area (Å²) in [5.74, 6) is 0. The summed E-state index contributed by atoms with van der Waals surface area (Å²) in [6, 6.07) is 0.642. The van der Waals surface area contributed by atoms with Crippen LogP contribution in [0.5, 0.6) is 0 Å². The van der Waals surface area contributed by atoms with Crippen molar-refractivity contribution < 1.29 is 0 Å². The quantitative estimate of drug-likeness (QED) is 0.807. The van der Waals surface area contributed by atoms with Crippen molar-refractivity contribution in [2.24, 2.45) is 0 Å². The Labute approximate surface area is 97.4 Å². The van der Waals surface area contributed by atoms with E-state index in [2.05, 4.69) is 34.3 Å². The molecule has 2 rings (SSSR count). The maximum atomic E-state index is 4.04. The van der Waals surface area contributed by atoms with Crippen molar-refractivity contribution in [3.8, 4) is 0 Å². The van der Waals surface area contributed by atoms with E-state index in [0.717, 1.165) is 6.54 Å². The van der Waals surface area contributed by atoms with Crippen molar-refractivity contribution in [1.82, 2.24) is 20.4 Å². The van der Waals surface area contributed by atoms with Gasteiger partial charge in [-0.25, -0.2) is 0 Å². The zero-order valence-corrected chi connectivity index (χ0v) is 10.3. The third-order valence-corrected chi connectivity index (χ3v) is 3.47. The van der Waals surface area contributed by atoms with Gasteiger partial charge in [-0.3, -0.25) is 5.10 Å². The number of H-pyrrole nitrogens is 1. The van der Waals surface area contributed by atoms with Gasteiger partial charge >= 0.3 is 0 Å². The van der Waals surface area contributed by atoms with E-state index in [1.54, 1.807) is 0 Å². The van der Waals surface area contributed by atoms with E-state index in [9.17, 15) is 0 Å². The largest absolute Gasteiger partial charge is 0.309 e. The third kappa shape index (κ3) is 2.83. The lowest BCUT2D eigenvalue weighted by Crippen LogP contribution is -2.45. The molecule has 2 N–H and O–H groups in total. The van der Waals surface area contributed by atoms with Crippen LogP contribution in [-0.4, -0.2) is 40.8 Å². The summed E-state index contributed by atoms with van der Waals surface area (Å²) in [6.07, 6.45) is 4.53. The molecule has 90 valence electrons. The molecule has 1 saturated heterocycles. The van der Waals surface area contributed by atoms with Crippen molar-refractivity contribution in [1.29, 1.82) is 0 Å². The highest BCUT2D eigenvalue weighted by atomic mass is 15.2. The molecular weight excluding hydrogens is 200 g/mol. The van der Waals surface area contributed by atoms with Crippen molar-refractivity contribution in [3.63, 3.8) is 0 Å². The first-order chi connectivity index (χ1) is 7.79. The lowest BCUT2D eigenvalue weighted by molar-refractivity contribution is 0.198. The highest BCUT2D eigenvalue weighted by Gasteiger charge is 2.18. The van der Waals surface area contributed by atoms with Crippen molar-refractivity contribution >= 4 is 0 Å². The van der Waals surface area contributed by atoms with E-state index < -0.39 is 0 Å². The zero-order valence-electron chi connectivity index (χ0n) is 10.3. The number of likely N-dealkylation sites (N-methyl/N-ethyl adjacent to an activating group) is 1. The maximum Gasteiger partial charge on any atom is 0.0535 e. The first-order valence-electron chi connectivity index (χ1n) is 6.24. The Kier molecular flexibility index (Phi) is 3.96. The van der Waals surface area contributed by atoms with Gasteiger partial charge in [-0.2, -0.15) is 5.10 Å². The van der Waals surface area contributed by atoms with Crippen LogP contribution in [0.25, 0.3) is 0 Å². The summed E-state index contributed by atoms with van der Waals surface area (Å²) < 4.78 is 0. The van der Waals surface area contributed by atoms with Crippen molar-refractivity contribution in [2.45, 2.75) is 39.3 Å². The van der Waals surface area contributed by atoms with Crippen LogP contribution >= 0.6 is 0 Å². The van der Waals surface area contributed by atoms with Gasteiger partial charge in [-0.05, 0) is 32.9 Å². The number of nitrogens with zero attached hydrogens (tertiary/aromatic N) is 2. The number of hydrogen-bond acceptors (Lipinski definition) is 3. The van der Waals surface area contributed by atoms with Gasteiger partial charge in [-0.1, -0.05) is 6.92 Å². The van der Waals surface area contributed by atoms with E-state index in [1.807, 2.05) is 6.20 Å². The molecule has 0 radical (unpaired) electrons. The van der Waals surface area contributed by atoms with Crippen molar-refractivity contribution in [2.75, 3.05) is 19.6 Å². The van der Waals surface area contributed by atoms with Crippen LogP contribution in [-0.2, 0) is 6.54 Å². The van der Waals surface area contributed by atoms with Gasteiger partial charge in [0.15, 0.2) is 0 Å². The molecule has 4 nitrogen and oxygen atoms in total. The fourth-order valence-electron chi connectivity index (χ4n) is 2.32. The Bertz CT molecular complexity index is 321. The molecule has 1 atom stereocenters. The Morgan fingerprint density at radius 2 is 2.50 bits per heavy atom. The minimum absolute atomic E-state index is 0.642. The van der Waals surface area contributed by atoms with E-state index >= 15 is 0 Å². The zero-order chi connectivity index (χ0) is 11.4. The Morgan fingerprint density at radius 3 is 3.19 bits per heavy atom. The van der Waals surface area contributed by atoms with Gasteiger partial charge in [0.1, 0.15) is 0 Å². The first-order valence-corrected chi connectivity index (χ1v) is 6.24. The molecule has 0 aromatic carbocycles. The van der Waals surface area contributed by atoms with Gasteiger partial charge < -0.3 is 10.2 Å². The van der Waals surface area contributed by atoms with Crippen LogP contribution in [0.15, 0.2) is 6.20 Å². The number of hydrogen-bond donors (Lipinski definition) is 2. The van der Waals surface area contributed by atoms with Gasteiger partial charge in [0, 0.05) is 30.4 Å². The number of aromatic nitrogens is 2. The molecule has 1 aliphatic rings. The smallest absolute Gasteiger partial charge is 0.0535 e. The van der Waals surface area contributed by atoms with Crippen LogP contribution in [0.3, 0.4) is 0 Å². The topological polar surface area (TPSA) is 44.0 Å². The van der Waals surface area contributed by atoms with E-state index in [4.69, 9.17) is 0 Å². The second-order valence-electron chi connectivity index (χ2n) is 4.63. The van der Waals surface area contributed by atoms with Crippen LogP contribution < -0.4 is 5.32 Å². The highest BCUT2D eigenvalue weighted by molar-refractivity contribution is 5.13. The lowest BCUT2D eigenvalue weighted by atomic mass is 10.1. The molecule has 1 aliphatic heterocycles. The summed E-state index contributed by atoms with van der Waals surface area (Å²) in [5.41, 5.74) is 2.46. The summed E-state index contributed by atoms with van der Waals surface area (Å²) in [7, 11) is 0. The molecule has 2 heterocycles. The van der Waals surface area contributed by atoms with E-state index in [1.165, 1.54) is 43.7 Å². The van der Waals surface area contributed by atoms with Gasteiger partial charge in [0.25, 0.3) is 0 Å². The maximum absolute atomic E-state index is 4.04. The molecule has 1 aromatic heterocycles. The van der Waals surface area contributed by atoms with E-state index in [0.29, 0.717) is 6.04 Å². The average molecular weight is 222 g/mol. The Hall–Kier alpha value is -0.870. The first kappa shape index (κ1) is 11.6. The van der Waals surface area contributed by atoms with Gasteiger partial charge in [0.05, 0.1) is 6.20 Å². The fourth-order valence-corrected chi connectivity index (χ4v) is 2.32. The average Bonchev–Trinajstić information content (AvgIpc) is 2.72. The predicted octanol–water partition coefficient (Wildman–Crippen LogP) is 1.29. The molecule has 0 aliphatic carbocycles. The second kappa shape index (κ2) is 5.46. The number of aryl methyl sites for hydroxylation is 1. The van der Waals surface area contributed by atoms with Gasteiger partial charge in [-0.15, -0.1) is 0 Å². The van der Waals surface area contributed by atoms with Crippen LogP contribution in [0.1, 0.15) is 31.0 Å². The predicted molar refractivity (Wildman–Crippen MR) is 65.3 cm³/mol. The Morgan fingerprint density at radius 1 is 1.62 bits per heavy atom. The molecule has 1 fully saturated rings. The molecule has 1 unspecified atom stereocenters. The van der Waals surface area contributed by atoms with E-state index in [-0.39, 0.29) is 0 Å². The summed E-state index contributed by atoms with van der Waals surface area (Å²) in [4.78, 5) is 2.52. The van der Waals surface area contributed by atoms with Crippen LogP contribution in [0.2, 0.25) is 0 Å². The molecule has 0 saturated carbocycles. The number of aromatic amines is 1. The molecule has 1 aromatic rings. The number of rotatable bonds is 4. The highest BCUT2D eigenvalue weighted by Crippen LogP contribution is 2.11. The standard InChI is InChI=1S/C12H22N4/c1-3-16-6-4-5-12(9-16)13-7-11-8-14-15-10(11)2/h8,12-13H,3-7,9H2,1-2H3,(H,14,15). The molecule has 16 heavy (non-hydrogen) atoms. The molecule has 0 amide bonds. The molecule has 0 spiro atoms. The lowest BCUT2D eigenvalue weighted by Gasteiger charge is -2.32. The summed E-state index contributed by atoms with van der Waals surface area (Å²) in [5, 5.41) is 10.6. The normalized spacial score (nSPS) is 22.5. The molecular formula is C12H22N4. The monoisotopic (exact) mass is 222 g/mol. The van der Waals surface area contributed by atoms with Crippen LogP contribution in [0.4, 0.5) is 0 Å². The van der Waals surface area contributed by atoms with Gasteiger partial charge in [0.2, 0.25) is 0 Å². The number of nitrogens with one attached hydrogen (secondary N) is 2. The number of likely N-dealkylation sites (tertiary alicyclic amines) is 1.